The van der Waals surface area contributed by atoms with Gasteiger partial charge in [0.15, 0.2) is 0 Å². The number of rotatable bonds is 6. The van der Waals surface area contributed by atoms with Crippen LogP contribution in [0.15, 0.2) is 24.3 Å². The summed E-state index contributed by atoms with van der Waals surface area (Å²) in [5.74, 6) is 1.23. The molecule has 1 aromatic carbocycles. The predicted octanol–water partition coefficient (Wildman–Crippen LogP) is 4.90. The van der Waals surface area contributed by atoms with Crippen molar-refractivity contribution in [3.63, 3.8) is 0 Å². The van der Waals surface area contributed by atoms with Crippen LogP contribution >= 0.6 is 22.6 Å². The second-order valence-corrected chi connectivity index (χ2v) is 7.27. The van der Waals surface area contributed by atoms with E-state index in [4.69, 9.17) is 9.47 Å². The zero-order valence-electron chi connectivity index (χ0n) is 13.4. The van der Waals surface area contributed by atoms with Crippen molar-refractivity contribution in [2.75, 3.05) is 24.2 Å². The molecule has 0 amide bonds. The molecular formula is C18H27IO2. The van der Waals surface area contributed by atoms with Crippen LogP contribution in [0.3, 0.4) is 0 Å². The van der Waals surface area contributed by atoms with Crippen molar-refractivity contribution in [2.45, 2.75) is 45.1 Å². The SMILES string of the molecule is CC(C)c1ccc(C(C)(CI)OCC2CCOCC2)cc1. The van der Waals surface area contributed by atoms with Gasteiger partial charge in [0.1, 0.15) is 0 Å². The molecule has 2 nitrogen and oxygen atoms in total. The normalized spacial score (nSPS) is 19.7. The van der Waals surface area contributed by atoms with Gasteiger partial charge in [-0.25, -0.2) is 0 Å². The Labute approximate surface area is 142 Å². The maximum Gasteiger partial charge on any atom is 0.0992 e. The van der Waals surface area contributed by atoms with Crippen molar-refractivity contribution in [3.8, 4) is 0 Å². The number of alkyl halides is 1. The zero-order valence-corrected chi connectivity index (χ0v) is 15.6. The van der Waals surface area contributed by atoms with Gasteiger partial charge in [-0.1, -0.05) is 60.7 Å². The molecular weight excluding hydrogens is 375 g/mol. The van der Waals surface area contributed by atoms with E-state index in [0.29, 0.717) is 11.8 Å². The largest absolute Gasteiger partial charge is 0.381 e. The number of hydrogen-bond donors (Lipinski definition) is 0. The van der Waals surface area contributed by atoms with Gasteiger partial charge in [-0.15, -0.1) is 0 Å². The van der Waals surface area contributed by atoms with Crippen LogP contribution in [0.5, 0.6) is 0 Å². The summed E-state index contributed by atoms with van der Waals surface area (Å²) in [6.45, 7) is 9.29. The summed E-state index contributed by atoms with van der Waals surface area (Å²) >= 11 is 2.44. The van der Waals surface area contributed by atoms with E-state index < -0.39 is 0 Å². The molecule has 0 aromatic heterocycles. The van der Waals surface area contributed by atoms with Gasteiger partial charge in [0, 0.05) is 17.6 Å². The summed E-state index contributed by atoms with van der Waals surface area (Å²) in [6.07, 6.45) is 2.26. The summed E-state index contributed by atoms with van der Waals surface area (Å²) in [5, 5.41) is 0. The Morgan fingerprint density at radius 3 is 2.38 bits per heavy atom. The summed E-state index contributed by atoms with van der Waals surface area (Å²) in [5.41, 5.74) is 2.49. The first kappa shape index (κ1) is 17.2. The van der Waals surface area contributed by atoms with Crippen LogP contribution < -0.4 is 0 Å². The quantitative estimate of drug-likeness (QED) is 0.498. The van der Waals surface area contributed by atoms with Gasteiger partial charge >= 0.3 is 0 Å². The maximum absolute atomic E-state index is 6.34. The third-order valence-corrected chi connectivity index (χ3v) is 5.88. The van der Waals surface area contributed by atoms with Crippen molar-refractivity contribution >= 4 is 22.6 Å². The van der Waals surface area contributed by atoms with Crippen molar-refractivity contribution in [1.82, 2.24) is 0 Å². The van der Waals surface area contributed by atoms with Crippen LogP contribution in [0.25, 0.3) is 0 Å². The van der Waals surface area contributed by atoms with Gasteiger partial charge in [-0.3, -0.25) is 0 Å². The van der Waals surface area contributed by atoms with Gasteiger partial charge in [0.2, 0.25) is 0 Å². The lowest BCUT2D eigenvalue weighted by atomic mass is 9.93. The summed E-state index contributed by atoms with van der Waals surface area (Å²) in [4.78, 5) is 0. The second-order valence-electron chi connectivity index (χ2n) is 6.51. The van der Waals surface area contributed by atoms with Crippen LogP contribution in [0.2, 0.25) is 0 Å². The molecule has 0 spiro atoms. The first-order chi connectivity index (χ1) is 10.0. The third-order valence-electron chi connectivity index (χ3n) is 4.42. The minimum atomic E-state index is -0.186. The fourth-order valence-corrected chi connectivity index (χ4v) is 3.30. The van der Waals surface area contributed by atoms with Crippen LogP contribution in [-0.4, -0.2) is 24.2 Å². The van der Waals surface area contributed by atoms with Gasteiger partial charge in [-0.2, -0.15) is 0 Å². The first-order valence-electron chi connectivity index (χ1n) is 7.93. The van der Waals surface area contributed by atoms with E-state index in [2.05, 4.69) is 67.6 Å². The van der Waals surface area contributed by atoms with Gasteiger partial charge < -0.3 is 9.47 Å². The Kier molecular flexibility index (Phi) is 6.51. The summed E-state index contributed by atoms with van der Waals surface area (Å²) in [6, 6.07) is 8.95. The van der Waals surface area contributed by atoms with Crippen LogP contribution in [0, 0.1) is 5.92 Å². The Morgan fingerprint density at radius 1 is 1.24 bits per heavy atom. The number of ether oxygens (including phenoxy) is 2. The van der Waals surface area contributed by atoms with Gasteiger partial charge in [-0.05, 0) is 42.7 Å². The summed E-state index contributed by atoms with van der Waals surface area (Å²) in [7, 11) is 0. The first-order valence-corrected chi connectivity index (χ1v) is 9.46. The van der Waals surface area contributed by atoms with Crippen molar-refractivity contribution < 1.29 is 9.47 Å². The highest BCUT2D eigenvalue weighted by molar-refractivity contribution is 14.1. The molecule has 21 heavy (non-hydrogen) atoms. The molecule has 0 N–H and O–H groups in total. The van der Waals surface area contributed by atoms with E-state index in [-0.39, 0.29) is 5.60 Å². The fraction of sp³-hybridized carbons (Fsp3) is 0.667. The van der Waals surface area contributed by atoms with Crippen molar-refractivity contribution in [1.29, 1.82) is 0 Å². The molecule has 1 aliphatic rings. The molecule has 3 heteroatoms. The average molecular weight is 402 g/mol. The highest BCUT2D eigenvalue weighted by atomic mass is 127. The second kappa shape index (κ2) is 7.93. The van der Waals surface area contributed by atoms with E-state index in [9.17, 15) is 0 Å². The van der Waals surface area contributed by atoms with Crippen LogP contribution in [0.4, 0.5) is 0 Å². The minimum Gasteiger partial charge on any atom is -0.381 e. The fourth-order valence-electron chi connectivity index (χ4n) is 2.63. The number of halogens is 1. The molecule has 2 rings (SSSR count). The molecule has 1 saturated heterocycles. The summed E-state index contributed by atoms with van der Waals surface area (Å²) < 4.78 is 12.7. The molecule has 0 saturated carbocycles. The van der Waals surface area contributed by atoms with E-state index in [1.165, 1.54) is 11.1 Å². The zero-order chi connectivity index (χ0) is 15.3. The number of hydrogen-bond acceptors (Lipinski definition) is 2. The van der Waals surface area contributed by atoms with Crippen LogP contribution in [-0.2, 0) is 15.1 Å². The van der Waals surface area contributed by atoms with Gasteiger partial charge in [0.05, 0.1) is 12.2 Å². The molecule has 0 radical (unpaired) electrons. The smallest absolute Gasteiger partial charge is 0.0992 e. The highest BCUT2D eigenvalue weighted by Gasteiger charge is 2.28. The molecule has 0 bridgehead atoms. The Morgan fingerprint density at radius 2 is 1.86 bits per heavy atom. The lowest BCUT2D eigenvalue weighted by Crippen LogP contribution is -2.31. The van der Waals surface area contributed by atoms with E-state index >= 15 is 0 Å². The van der Waals surface area contributed by atoms with E-state index in [1.54, 1.807) is 0 Å². The molecule has 1 aliphatic heterocycles. The molecule has 0 aliphatic carbocycles. The third kappa shape index (κ3) is 4.67. The predicted molar refractivity (Wildman–Crippen MR) is 96.3 cm³/mol. The lowest BCUT2D eigenvalue weighted by Gasteiger charge is -2.32. The van der Waals surface area contributed by atoms with E-state index in [1.807, 2.05) is 0 Å². The highest BCUT2D eigenvalue weighted by Crippen LogP contribution is 2.30. The van der Waals surface area contributed by atoms with Crippen molar-refractivity contribution in [3.05, 3.63) is 35.4 Å². The number of benzene rings is 1. The monoisotopic (exact) mass is 402 g/mol. The molecule has 1 heterocycles. The Balaban J connectivity index is 2.01. The molecule has 1 fully saturated rings. The average Bonchev–Trinajstić information content (AvgIpc) is 2.53. The lowest BCUT2D eigenvalue weighted by molar-refractivity contribution is -0.0545. The topological polar surface area (TPSA) is 18.5 Å². The molecule has 1 aromatic rings. The Hall–Kier alpha value is -0.130. The van der Waals surface area contributed by atoms with Crippen LogP contribution in [0.1, 0.15) is 50.7 Å². The standard InChI is InChI=1S/C18H27IO2/c1-14(2)16-4-6-17(7-5-16)18(3,13-19)21-12-15-8-10-20-11-9-15/h4-7,14-15H,8-13H2,1-3H3. The van der Waals surface area contributed by atoms with Gasteiger partial charge in [0.25, 0.3) is 0 Å². The van der Waals surface area contributed by atoms with Crippen molar-refractivity contribution in [2.24, 2.45) is 5.92 Å². The maximum atomic E-state index is 6.34. The molecule has 1 unspecified atom stereocenters. The molecule has 1 atom stereocenters. The van der Waals surface area contributed by atoms with E-state index in [0.717, 1.165) is 37.1 Å². The minimum absolute atomic E-state index is 0.186. The Bertz CT molecular complexity index is 423. The molecule has 118 valence electrons.